The van der Waals surface area contributed by atoms with Crippen LogP contribution in [0, 0.1) is 5.82 Å². The van der Waals surface area contributed by atoms with E-state index in [0.717, 1.165) is 11.8 Å². The average molecular weight is 282 g/mol. The summed E-state index contributed by atoms with van der Waals surface area (Å²) in [5.41, 5.74) is 1.39. The topological polar surface area (TPSA) is 22.0 Å². The van der Waals surface area contributed by atoms with Gasteiger partial charge in [0.1, 0.15) is 5.82 Å². The summed E-state index contributed by atoms with van der Waals surface area (Å²) in [6.07, 6.45) is 2.58. The lowest BCUT2D eigenvalue weighted by molar-refractivity contribution is 0.111. The van der Waals surface area contributed by atoms with E-state index in [4.69, 9.17) is 0 Å². The molecule has 0 amide bonds. The van der Waals surface area contributed by atoms with E-state index < -0.39 is 0 Å². The van der Waals surface area contributed by atoms with Gasteiger partial charge in [-0.3, -0.25) is 4.79 Å². The number of rotatable bonds is 3. The molecule has 0 aliphatic rings. The first-order valence-corrected chi connectivity index (χ1v) is 5.53. The fourth-order valence-electron chi connectivity index (χ4n) is 1.58. The van der Waals surface area contributed by atoms with Crippen LogP contribution >= 0.6 is 15.9 Å². The Balaban J connectivity index is 2.30. The van der Waals surface area contributed by atoms with Crippen LogP contribution in [0.5, 0.6) is 0 Å². The highest BCUT2D eigenvalue weighted by molar-refractivity contribution is 9.10. The first-order valence-electron chi connectivity index (χ1n) is 4.74. The van der Waals surface area contributed by atoms with E-state index in [1.807, 2.05) is 6.07 Å². The maximum absolute atomic E-state index is 13.1. The maximum Gasteiger partial charge on any atom is 0.166 e. The first kappa shape index (κ1) is 11.1. The largest absolute Gasteiger partial charge is 0.341 e. The third-order valence-corrected chi connectivity index (χ3v) is 2.72. The molecule has 0 aliphatic heterocycles. The number of hydrogen-bond acceptors (Lipinski definition) is 1. The summed E-state index contributed by atoms with van der Waals surface area (Å²) in [6.45, 7) is 0.484. The highest BCUT2D eigenvalue weighted by Gasteiger charge is 2.03. The Hall–Kier alpha value is -1.42. The molecule has 1 aromatic carbocycles. The molecule has 0 saturated heterocycles. The van der Waals surface area contributed by atoms with Crippen LogP contribution < -0.4 is 0 Å². The van der Waals surface area contributed by atoms with E-state index in [9.17, 15) is 9.18 Å². The predicted molar refractivity (Wildman–Crippen MR) is 63.0 cm³/mol. The van der Waals surface area contributed by atoms with Crippen molar-refractivity contribution in [2.24, 2.45) is 0 Å². The molecular formula is C12H9BrFNO. The third kappa shape index (κ3) is 2.39. The summed E-state index contributed by atoms with van der Waals surface area (Å²) in [5.74, 6) is -0.288. The van der Waals surface area contributed by atoms with Crippen molar-refractivity contribution < 1.29 is 9.18 Å². The van der Waals surface area contributed by atoms with Gasteiger partial charge in [0.25, 0.3) is 0 Å². The molecule has 0 atom stereocenters. The molecule has 0 fully saturated rings. The first-order chi connectivity index (χ1) is 7.69. The molecule has 2 nitrogen and oxygen atoms in total. The number of aromatic nitrogens is 1. The molecule has 0 bridgehead atoms. The van der Waals surface area contributed by atoms with Crippen LogP contribution in [0.1, 0.15) is 16.1 Å². The van der Waals surface area contributed by atoms with Gasteiger partial charge in [-0.25, -0.2) is 4.39 Å². The van der Waals surface area contributed by atoms with E-state index in [0.29, 0.717) is 16.7 Å². The SMILES string of the molecule is O=Cc1cccn1Cc1cc(F)cc(Br)c1. The highest BCUT2D eigenvalue weighted by Crippen LogP contribution is 2.16. The van der Waals surface area contributed by atoms with E-state index in [1.54, 1.807) is 22.9 Å². The molecule has 0 unspecified atom stereocenters. The Morgan fingerprint density at radius 2 is 2.19 bits per heavy atom. The molecular weight excluding hydrogens is 273 g/mol. The highest BCUT2D eigenvalue weighted by atomic mass is 79.9. The van der Waals surface area contributed by atoms with Crippen molar-refractivity contribution in [2.45, 2.75) is 6.54 Å². The molecule has 0 saturated carbocycles. The van der Waals surface area contributed by atoms with Crippen molar-refractivity contribution in [2.75, 3.05) is 0 Å². The summed E-state index contributed by atoms with van der Waals surface area (Å²) in [5, 5.41) is 0. The summed E-state index contributed by atoms with van der Waals surface area (Å²) in [4.78, 5) is 10.7. The van der Waals surface area contributed by atoms with Crippen molar-refractivity contribution in [1.29, 1.82) is 0 Å². The standard InChI is InChI=1S/C12H9BrFNO/c13-10-4-9(5-11(14)6-10)7-15-3-1-2-12(15)8-16/h1-6,8H,7H2. The number of aldehydes is 1. The molecule has 82 valence electrons. The Morgan fingerprint density at radius 1 is 1.38 bits per heavy atom. The number of hydrogen-bond donors (Lipinski definition) is 0. The predicted octanol–water partition coefficient (Wildman–Crippen LogP) is 3.25. The Labute approximate surface area is 101 Å². The summed E-state index contributed by atoms with van der Waals surface area (Å²) in [6, 6.07) is 8.20. The van der Waals surface area contributed by atoms with Crippen molar-refractivity contribution in [3.63, 3.8) is 0 Å². The van der Waals surface area contributed by atoms with Gasteiger partial charge in [-0.15, -0.1) is 0 Å². The molecule has 2 aromatic rings. The molecule has 0 radical (unpaired) electrons. The van der Waals surface area contributed by atoms with Crippen molar-refractivity contribution in [3.05, 3.63) is 58.1 Å². The van der Waals surface area contributed by atoms with Crippen molar-refractivity contribution in [3.8, 4) is 0 Å². The fourth-order valence-corrected chi connectivity index (χ4v) is 2.09. The van der Waals surface area contributed by atoms with Crippen LogP contribution in [0.4, 0.5) is 4.39 Å². The average Bonchev–Trinajstić information content (AvgIpc) is 2.63. The number of carbonyl (C=O) groups is 1. The van der Waals surface area contributed by atoms with Gasteiger partial charge in [0.05, 0.1) is 5.69 Å². The third-order valence-electron chi connectivity index (χ3n) is 2.26. The zero-order valence-electron chi connectivity index (χ0n) is 8.36. The molecule has 1 aromatic heterocycles. The van der Waals surface area contributed by atoms with Gasteiger partial charge < -0.3 is 4.57 Å². The van der Waals surface area contributed by atoms with Gasteiger partial charge in [0.2, 0.25) is 0 Å². The van der Waals surface area contributed by atoms with Gasteiger partial charge in [0.15, 0.2) is 6.29 Å². The fraction of sp³-hybridized carbons (Fsp3) is 0.0833. The molecule has 0 aliphatic carbocycles. The Kier molecular flexibility index (Phi) is 3.19. The Morgan fingerprint density at radius 3 is 2.88 bits per heavy atom. The van der Waals surface area contributed by atoms with Crippen LogP contribution in [0.25, 0.3) is 0 Å². The minimum Gasteiger partial charge on any atom is -0.341 e. The lowest BCUT2D eigenvalue weighted by Crippen LogP contribution is -2.02. The summed E-state index contributed by atoms with van der Waals surface area (Å²) < 4.78 is 15.6. The minimum absolute atomic E-state index is 0.288. The molecule has 1 heterocycles. The van der Waals surface area contributed by atoms with Gasteiger partial charge in [0, 0.05) is 17.2 Å². The van der Waals surface area contributed by atoms with Crippen LogP contribution in [-0.2, 0) is 6.54 Å². The summed E-state index contributed by atoms with van der Waals surface area (Å²) >= 11 is 3.23. The van der Waals surface area contributed by atoms with E-state index in [2.05, 4.69) is 15.9 Å². The van der Waals surface area contributed by atoms with Crippen LogP contribution in [0.15, 0.2) is 41.0 Å². The van der Waals surface area contributed by atoms with E-state index >= 15 is 0 Å². The maximum atomic E-state index is 13.1. The molecule has 0 N–H and O–H groups in total. The zero-order chi connectivity index (χ0) is 11.5. The normalized spacial score (nSPS) is 10.4. The second-order valence-electron chi connectivity index (χ2n) is 3.46. The van der Waals surface area contributed by atoms with Crippen LogP contribution in [0.3, 0.4) is 0 Å². The number of halogens is 2. The quantitative estimate of drug-likeness (QED) is 0.792. The zero-order valence-corrected chi connectivity index (χ0v) is 9.95. The van der Waals surface area contributed by atoms with Crippen LogP contribution in [0.2, 0.25) is 0 Å². The van der Waals surface area contributed by atoms with Gasteiger partial charge in [-0.1, -0.05) is 15.9 Å². The van der Waals surface area contributed by atoms with Gasteiger partial charge in [-0.2, -0.15) is 0 Å². The van der Waals surface area contributed by atoms with Crippen molar-refractivity contribution in [1.82, 2.24) is 4.57 Å². The number of nitrogens with zero attached hydrogens (tertiary/aromatic N) is 1. The lowest BCUT2D eigenvalue weighted by atomic mass is 10.2. The van der Waals surface area contributed by atoms with E-state index in [1.165, 1.54) is 12.1 Å². The number of carbonyl (C=O) groups excluding carboxylic acids is 1. The molecule has 4 heteroatoms. The van der Waals surface area contributed by atoms with Gasteiger partial charge >= 0.3 is 0 Å². The second kappa shape index (κ2) is 4.61. The van der Waals surface area contributed by atoms with Gasteiger partial charge in [-0.05, 0) is 35.9 Å². The smallest absolute Gasteiger partial charge is 0.166 e. The second-order valence-corrected chi connectivity index (χ2v) is 4.37. The molecule has 16 heavy (non-hydrogen) atoms. The summed E-state index contributed by atoms with van der Waals surface area (Å²) in [7, 11) is 0. The van der Waals surface area contributed by atoms with Crippen LogP contribution in [-0.4, -0.2) is 10.9 Å². The number of benzene rings is 1. The van der Waals surface area contributed by atoms with E-state index in [-0.39, 0.29) is 5.82 Å². The molecule has 0 spiro atoms. The minimum atomic E-state index is -0.288. The lowest BCUT2D eigenvalue weighted by Gasteiger charge is -2.06. The monoisotopic (exact) mass is 281 g/mol. The van der Waals surface area contributed by atoms with Crippen molar-refractivity contribution >= 4 is 22.2 Å². The molecule has 2 rings (SSSR count). The Bertz CT molecular complexity index is 501.